The lowest BCUT2D eigenvalue weighted by atomic mass is 10.1. The van der Waals surface area contributed by atoms with E-state index in [2.05, 4.69) is 221 Å². The molecule has 65 heavy (non-hydrogen) atoms. The van der Waals surface area contributed by atoms with Crippen molar-refractivity contribution in [1.29, 1.82) is 0 Å². The zero-order valence-corrected chi connectivity index (χ0v) is 35.7. The summed E-state index contributed by atoms with van der Waals surface area (Å²) in [6.07, 6.45) is 3.71. The first-order valence-electron chi connectivity index (χ1n) is 22.0. The van der Waals surface area contributed by atoms with E-state index < -0.39 is 0 Å². The van der Waals surface area contributed by atoms with Crippen molar-refractivity contribution in [2.24, 2.45) is 0 Å². The molecule has 0 N–H and O–H groups in total. The van der Waals surface area contributed by atoms with Gasteiger partial charge in [0.2, 0.25) is 0 Å². The highest BCUT2D eigenvalue weighted by Crippen LogP contribution is 2.40. The third-order valence-electron chi connectivity index (χ3n) is 12.8. The van der Waals surface area contributed by atoms with Crippen molar-refractivity contribution >= 4 is 77.6 Å². The van der Waals surface area contributed by atoms with Crippen LogP contribution in [-0.2, 0) is 13.2 Å². The summed E-state index contributed by atoms with van der Waals surface area (Å²) in [6.45, 7) is 8.64. The molecule has 0 saturated carbocycles. The molecule has 5 nitrogen and oxygen atoms in total. The van der Waals surface area contributed by atoms with E-state index in [9.17, 15) is 0 Å². The minimum atomic E-state index is 0.404. The monoisotopic (exact) mass is 837 g/mol. The van der Waals surface area contributed by atoms with Crippen molar-refractivity contribution in [3.63, 3.8) is 0 Å². The Morgan fingerprint density at radius 2 is 0.662 bits per heavy atom. The van der Waals surface area contributed by atoms with Gasteiger partial charge in [0.15, 0.2) is 0 Å². The predicted octanol–water partition coefficient (Wildman–Crippen LogP) is 15.4. The molecule has 0 aliphatic carbocycles. The van der Waals surface area contributed by atoms with Crippen LogP contribution in [0.5, 0.6) is 11.5 Å². The van der Waals surface area contributed by atoms with Gasteiger partial charge < -0.3 is 23.2 Å². The molecule has 0 aliphatic heterocycles. The van der Waals surface area contributed by atoms with Gasteiger partial charge in [0, 0.05) is 61.9 Å². The zero-order valence-electron chi connectivity index (χ0n) is 35.7. The molecule has 0 fully saturated rings. The Hall–Kier alpha value is -8.54. The summed E-state index contributed by atoms with van der Waals surface area (Å²) >= 11 is 0. The second kappa shape index (κ2) is 15.7. The molecule has 12 aromatic rings. The van der Waals surface area contributed by atoms with Crippen LogP contribution >= 0.6 is 0 Å². The van der Waals surface area contributed by atoms with Crippen LogP contribution in [0.4, 0.5) is 0 Å². The molecule has 0 atom stereocenters. The van der Waals surface area contributed by atoms with Gasteiger partial charge in [-0.05, 0) is 82.9 Å². The zero-order chi connectivity index (χ0) is 43.4. The summed E-state index contributed by atoms with van der Waals surface area (Å²) in [7, 11) is 0. The van der Waals surface area contributed by atoms with Crippen molar-refractivity contribution in [3.05, 3.63) is 236 Å². The molecule has 3 heterocycles. The number of ether oxygens (including phenoxy) is 2. The van der Waals surface area contributed by atoms with E-state index in [4.69, 9.17) is 9.47 Å². The average molecular weight is 838 g/mol. The first-order chi connectivity index (χ1) is 32.1. The standard InChI is InChI=1S/C60H43N3O2/c1-3-40-21-25-42(26-22-40)38-64-47-33-46(34-48(37-47)65-39-43-27-23-41(4-2)24-28-43)63-59-31-29-44(61-55-17-9-5-13-49(55)50-14-6-10-18-56(50)61)35-53(59)54-36-45(30-32-60(54)63)62-57-19-11-7-15-51(57)52-16-8-12-20-58(52)62/h3-37H,1-2,38-39H2. The van der Waals surface area contributed by atoms with Gasteiger partial charge in [-0.3, -0.25) is 0 Å². The maximum absolute atomic E-state index is 6.61. The molecule has 0 saturated heterocycles. The summed E-state index contributed by atoms with van der Waals surface area (Å²) in [4.78, 5) is 0. The molecule has 0 bridgehead atoms. The fourth-order valence-electron chi connectivity index (χ4n) is 9.64. The Morgan fingerprint density at radius 3 is 1.03 bits per heavy atom. The highest BCUT2D eigenvalue weighted by atomic mass is 16.5. The number of rotatable bonds is 11. The Kier molecular flexibility index (Phi) is 9.20. The van der Waals surface area contributed by atoms with Crippen LogP contribution in [0.2, 0.25) is 0 Å². The number of hydrogen-bond acceptors (Lipinski definition) is 2. The number of para-hydroxylation sites is 4. The van der Waals surface area contributed by atoms with E-state index in [0.29, 0.717) is 24.7 Å². The van der Waals surface area contributed by atoms with Gasteiger partial charge in [0.25, 0.3) is 0 Å². The molecule has 310 valence electrons. The molecule has 0 aliphatic rings. The number of fused-ring (bicyclic) bond motifs is 9. The molecule has 0 spiro atoms. The van der Waals surface area contributed by atoms with Crippen LogP contribution in [0.25, 0.3) is 94.6 Å². The maximum atomic E-state index is 6.61. The van der Waals surface area contributed by atoms with E-state index >= 15 is 0 Å². The van der Waals surface area contributed by atoms with Crippen molar-refractivity contribution in [2.45, 2.75) is 13.2 Å². The molecule has 0 unspecified atom stereocenters. The number of hydrogen-bond donors (Lipinski definition) is 0. The maximum Gasteiger partial charge on any atom is 0.125 e. The minimum Gasteiger partial charge on any atom is -0.489 e. The smallest absolute Gasteiger partial charge is 0.125 e. The van der Waals surface area contributed by atoms with E-state index in [1.165, 1.54) is 43.6 Å². The van der Waals surface area contributed by atoms with E-state index in [-0.39, 0.29) is 0 Å². The largest absolute Gasteiger partial charge is 0.489 e. The topological polar surface area (TPSA) is 33.2 Å². The highest BCUT2D eigenvalue weighted by Gasteiger charge is 2.20. The average Bonchev–Trinajstić information content (AvgIpc) is 4.00. The fourth-order valence-corrected chi connectivity index (χ4v) is 9.64. The molecular weight excluding hydrogens is 795 g/mol. The second-order valence-corrected chi connectivity index (χ2v) is 16.6. The third-order valence-corrected chi connectivity index (χ3v) is 12.8. The first kappa shape index (κ1) is 38.2. The summed E-state index contributed by atoms with van der Waals surface area (Å²) in [6, 6.07) is 71.4. The first-order valence-corrected chi connectivity index (χ1v) is 22.0. The van der Waals surface area contributed by atoms with Crippen molar-refractivity contribution in [3.8, 4) is 28.6 Å². The lowest BCUT2D eigenvalue weighted by Crippen LogP contribution is -2.01. The van der Waals surface area contributed by atoms with Crippen LogP contribution in [0.3, 0.4) is 0 Å². The normalized spacial score (nSPS) is 11.6. The minimum absolute atomic E-state index is 0.404. The van der Waals surface area contributed by atoms with E-state index in [0.717, 1.165) is 61.1 Å². The summed E-state index contributed by atoms with van der Waals surface area (Å²) in [5.74, 6) is 1.43. The Balaban J connectivity index is 1.07. The SMILES string of the molecule is C=Cc1ccc(COc2cc(OCc3ccc(C=C)cc3)cc(-n3c4ccc(-n5c6ccccc6c6ccccc65)cc4c4cc(-n5c6ccccc6c6ccccc65)ccc43)c2)cc1. The Labute approximate surface area is 376 Å². The Morgan fingerprint density at radius 1 is 0.323 bits per heavy atom. The van der Waals surface area contributed by atoms with Crippen molar-refractivity contribution < 1.29 is 9.47 Å². The summed E-state index contributed by atoms with van der Waals surface area (Å²) in [5.41, 5.74) is 14.3. The molecule has 12 rings (SSSR count). The number of aromatic nitrogens is 3. The van der Waals surface area contributed by atoms with Crippen LogP contribution in [0.15, 0.2) is 213 Å². The quantitative estimate of drug-likeness (QED) is 0.130. The van der Waals surface area contributed by atoms with E-state index in [1.54, 1.807) is 0 Å². The van der Waals surface area contributed by atoms with Gasteiger partial charge in [-0.2, -0.15) is 0 Å². The fraction of sp³-hybridized carbons (Fsp3) is 0.0333. The molecule has 5 heteroatoms. The van der Waals surface area contributed by atoms with Gasteiger partial charge in [-0.25, -0.2) is 0 Å². The lowest BCUT2D eigenvalue weighted by molar-refractivity contribution is 0.290. The summed E-state index contributed by atoms with van der Waals surface area (Å²) in [5, 5.41) is 7.21. The molecular formula is C60H43N3O2. The van der Waals surface area contributed by atoms with E-state index in [1.807, 2.05) is 18.2 Å². The van der Waals surface area contributed by atoms with Crippen LogP contribution in [0.1, 0.15) is 22.3 Å². The molecule has 9 aromatic carbocycles. The van der Waals surface area contributed by atoms with Crippen molar-refractivity contribution in [2.75, 3.05) is 0 Å². The number of nitrogens with zero attached hydrogens (tertiary/aromatic N) is 3. The van der Waals surface area contributed by atoms with Gasteiger partial charge in [0.05, 0.1) is 38.8 Å². The van der Waals surface area contributed by atoms with Crippen LogP contribution in [-0.4, -0.2) is 13.7 Å². The molecule has 0 radical (unpaired) electrons. The third kappa shape index (κ3) is 6.56. The van der Waals surface area contributed by atoms with Gasteiger partial charge in [-0.1, -0.05) is 147 Å². The Bertz CT molecular complexity index is 3460. The van der Waals surface area contributed by atoms with Crippen molar-refractivity contribution in [1.82, 2.24) is 13.7 Å². The predicted molar refractivity (Wildman–Crippen MR) is 271 cm³/mol. The van der Waals surface area contributed by atoms with Gasteiger partial charge in [-0.15, -0.1) is 0 Å². The second-order valence-electron chi connectivity index (χ2n) is 16.6. The number of benzene rings is 9. The summed E-state index contributed by atoms with van der Waals surface area (Å²) < 4.78 is 20.4. The van der Waals surface area contributed by atoms with Crippen LogP contribution < -0.4 is 9.47 Å². The van der Waals surface area contributed by atoms with Gasteiger partial charge >= 0.3 is 0 Å². The lowest BCUT2D eigenvalue weighted by Gasteiger charge is -2.15. The highest BCUT2D eigenvalue weighted by molar-refractivity contribution is 6.14. The van der Waals surface area contributed by atoms with Gasteiger partial charge in [0.1, 0.15) is 24.7 Å². The molecule has 0 amide bonds. The van der Waals surface area contributed by atoms with Crippen LogP contribution in [0, 0.1) is 0 Å². The molecule has 3 aromatic heterocycles.